The van der Waals surface area contributed by atoms with Gasteiger partial charge in [0.25, 0.3) is 5.91 Å². The van der Waals surface area contributed by atoms with Crippen LogP contribution in [0.2, 0.25) is 0 Å². The highest BCUT2D eigenvalue weighted by molar-refractivity contribution is 5.99. The molecule has 1 aromatic rings. The standard InChI is InChI=1S/C18H26N2O2/c1-3-9-20-16-11-14(10-15-5-4-8-19-12-15)6-7-17(16)22-13(2)18(20)21/h6-7,11,13,15,19H,3-5,8-10,12H2,1-2H3. The van der Waals surface area contributed by atoms with Crippen LogP contribution in [0.1, 0.15) is 38.7 Å². The summed E-state index contributed by atoms with van der Waals surface area (Å²) < 4.78 is 5.76. The van der Waals surface area contributed by atoms with E-state index < -0.39 is 0 Å². The lowest BCUT2D eigenvalue weighted by molar-refractivity contribution is -0.125. The molecule has 0 aliphatic carbocycles. The Bertz CT molecular complexity index is 538. The molecule has 2 aliphatic heterocycles. The molecule has 2 atom stereocenters. The maximum atomic E-state index is 12.4. The molecule has 1 N–H and O–H groups in total. The van der Waals surface area contributed by atoms with Crippen molar-refractivity contribution in [2.45, 2.75) is 45.6 Å². The summed E-state index contributed by atoms with van der Waals surface area (Å²) in [5.41, 5.74) is 2.26. The van der Waals surface area contributed by atoms with Crippen LogP contribution in [-0.2, 0) is 11.2 Å². The lowest BCUT2D eigenvalue weighted by atomic mass is 9.92. The number of fused-ring (bicyclic) bond motifs is 1. The summed E-state index contributed by atoms with van der Waals surface area (Å²) in [4.78, 5) is 14.3. The van der Waals surface area contributed by atoms with Gasteiger partial charge in [-0.15, -0.1) is 0 Å². The molecule has 1 fully saturated rings. The Morgan fingerprint density at radius 1 is 1.41 bits per heavy atom. The molecule has 4 heteroatoms. The smallest absolute Gasteiger partial charge is 0.267 e. The average Bonchev–Trinajstić information content (AvgIpc) is 2.53. The summed E-state index contributed by atoms with van der Waals surface area (Å²) in [6.07, 6.45) is 4.19. The van der Waals surface area contributed by atoms with Gasteiger partial charge in [-0.3, -0.25) is 4.79 Å². The Balaban J connectivity index is 1.82. The number of rotatable bonds is 4. The van der Waals surface area contributed by atoms with Crippen molar-refractivity contribution in [3.05, 3.63) is 23.8 Å². The molecule has 1 aromatic carbocycles. The number of nitrogens with one attached hydrogen (secondary N) is 1. The van der Waals surface area contributed by atoms with E-state index in [0.717, 1.165) is 43.9 Å². The number of ether oxygens (including phenoxy) is 1. The number of carbonyl (C=O) groups is 1. The first-order chi connectivity index (χ1) is 10.7. The second kappa shape index (κ2) is 6.69. The number of nitrogens with zero attached hydrogens (tertiary/aromatic N) is 1. The Morgan fingerprint density at radius 2 is 2.27 bits per heavy atom. The van der Waals surface area contributed by atoms with Gasteiger partial charge in [0.05, 0.1) is 5.69 Å². The van der Waals surface area contributed by atoms with E-state index >= 15 is 0 Å². The topological polar surface area (TPSA) is 41.6 Å². The first-order valence-electron chi connectivity index (χ1n) is 8.50. The van der Waals surface area contributed by atoms with Gasteiger partial charge in [-0.25, -0.2) is 0 Å². The van der Waals surface area contributed by atoms with Crippen molar-refractivity contribution in [3.8, 4) is 5.75 Å². The highest BCUT2D eigenvalue weighted by Crippen LogP contribution is 2.35. The van der Waals surface area contributed by atoms with Crippen molar-refractivity contribution in [2.75, 3.05) is 24.5 Å². The van der Waals surface area contributed by atoms with Crippen LogP contribution in [0.3, 0.4) is 0 Å². The van der Waals surface area contributed by atoms with E-state index in [0.29, 0.717) is 5.92 Å². The molecule has 0 spiro atoms. The molecule has 2 aliphatic rings. The number of benzene rings is 1. The highest BCUT2D eigenvalue weighted by atomic mass is 16.5. The first-order valence-corrected chi connectivity index (χ1v) is 8.50. The van der Waals surface area contributed by atoms with Gasteiger partial charge in [-0.2, -0.15) is 0 Å². The minimum atomic E-state index is -0.382. The number of hydrogen-bond acceptors (Lipinski definition) is 3. The minimum absolute atomic E-state index is 0.0748. The van der Waals surface area contributed by atoms with Crippen LogP contribution in [0, 0.1) is 5.92 Å². The van der Waals surface area contributed by atoms with Crippen LogP contribution < -0.4 is 15.0 Å². The molecule has 1 saturated heterocycles. The molecule has 22 heavy (non-hydrogen) atoms. The zero-order valence-corrected chi connectivity index (χ0v) is 13.6. The number of carbonyl (C=O) groups excluding carboxylic acids is 1. The number of hydrogen-bond donors (Lipinski definition) is 1. The van der Waals surface area contributed by atoms with Crippen molar-refractivity contribution >= 4 is 11.6 Å². The third kappa shape index (κ3) is 3.12. The molecule has 2 heterocycles. The summed E-state index contributed by atoms with van der Waals surface area (Å²) in [7, 11) is 0. The van der Waals surface area contributed by atoms with Crippen molar-refractivity contribution in [3.63, 3.8) is 0 Å². The summed E-state index contributed by atoms with van der Waals surface area (Å²) in [5.74, 6) is 1.61. The van der Waals surface area contributed by atoms with Crippen LogP contribution in [0.5, 0.6) is 5.75 Å². The number of piperidine rings is 1. The summed E-state index contributed by atoms with van der Waals surface area (Å²) in [6.45, 7) is 6.93. The van der Waals surface area contributed by atoms with Crippen LogP contribution in [0.4, 0.5) is 5.69 Å². The Kier molecular flexibility index (Phi) is 4.67. The zero-order valence-electron chi connectivity index (χ0n) is 13.6. The molecule has 120 valence electrons. The van der Waals surface area contributed by atoms with Crippen molar-refractivity contribution in [1.82, 2.24) is 5.32 Å². The Morgan fingerprint density at radius 3 is 3.00 bits per heavy atom. The van der Waals surface area contributed by atoms with E-state index in [1.807, 2.05) is 17.9 Å². The highest BCUT2D eigenvalue weighted by Gasteiger charge is 2.31. The summed E-state index contributed by atoms with van der Waals surface area (Å²) in [6, 6.07) is 6.34. The third-order valence-electron chi connectivity index (χ3n) is 4.60. The normalized spacial score (nSPS) is 24.8. The lowest BCUT2D eigenvalue weighted by Crippen LogP contribution is -2.44. The van der Waals surface area contributed by atoms with Gasteiger partial charge in [-0.1, -0.05) is 13.0 Å². The third-order valence-corrected chi connectivity index (χ3v) is 4.60. The second-order valence-electron chi connectivity index (χ2n) is 6.47. The monoisotopic (exact) mass is 302 g/mol. The summed E-state index contributed by atoms with van der Waals surface area (Å²) in [5, 5.41) is 3.47. The van der Waals surface area contributed by atoms with Crippen molar-refractivity contribution in [1.29, 1.82) is 0 Å². The van der Waals surface area contributed by atoms with Gasteiger partial charge in [0, 0.05) is 6.54 Å². The predicted octanol–water partition coefficient (Wildman–Crippen LogP) is 2.75. The molecule has 3 rings (SSSR count). The number of anilines is 1. The second-order valence-corrected chi connectivity index (χ2v) is 6.47. The quantitative estimate of drug-likeness (QED) is 0.930. The van der Waals surface area contributed by atoms with Gasteiger partial charge in [0.15, 0.2) is 6.10 Å². The fraction of sp³-hybridized carbons (Fsp3) is 0.611. The number of amides is 1. The lowest BCUT2D eigenvalue weighted by Gasteiger charge is -2.33. The summed E-state index contributed by atoms with van der Waals surface area (Å²) >= 11 is 0. The van der Waals surface area contributed by atoms with Crippen LogP contribution in [-0.4, -0.2) is 31.6 Å². The van der Waals surface area contributed by atoms with E-state index in [2.05, 4.69) is 24.4 Å². The molecule has 0 saturated carbocycles. The van der Waals surface area contributed by atoms with Gasteiger partial charge >= 0.3 is 0 Å². The maximum Gasteiger partial charge on any atom is 0.267 e. The van der Waals surface area contributed by atoms with Gasteiger partial charge in [0.2, 0.25) is 0 Å². The molecular weight excluding hydrogens is 276 g/mol. The van der Waals surface area contributed by atoms with E-state index in [-0.39, 0.29) is 12.0 Å². The average molecular weight is 302 g/mol. The van der Waals surface area contributed by atoms with Crippen molar-refractivity contribution in [2.24, 2.45) is 5.92 Å². The molecule has 0 radical (unpaired) electrons. The minimum Gasteiger partial charge on any atom is -0.479 e. The molecular formula is C18H26N2O2. The Hall–Kier alpha value is -1.55. The largest absolute Gasteiger partial charge is 0.479 e. The molecule has 2 unspecified atom stereocenters. The molecule has 0 aromatic heterocycles. The molecule has 0 bridgehead atoms. The zero-order chi connectivity index (χ0) is 15.5. The van der Waals surface area contributed by atoms with E-state index in [1.54, 1.807) is 0 Å². The van der Waals surface area contributed by atoms with E-state index in [9.17, 15) is 4.79 Å². The fourth-order valence-corrected chi connectivity index (χ4v) is 3.47. The predicted molar refractivity (Wildman–Crippen MR) is 88.5 cm³/mol. The van der Waals surface area contributed by atoms with Crippen LogP contribution >= 0.6 is 0 Å². The van der Waals surface area contributed by atoms with Gasteiger partial charge in [0.1, 0.15) is 5.75 Å². The SMILES string of the molecule is CCCN1C(=O)C(C)Oc2ccc(CC3CCCNC3)cc21. The van der Waals surface area contributed by atoms with Crippen LogP contribution in [0.25, 0.3) is 0 Å². The van der Waals surface area contributed by atoms with E-state index in [1.165, 1.54) is 18.4 Å². The molecule has 1 amide bonds. The Labute approximate surface area is 132 Å². The first kappa shape index (κ1) is 15.3. The van der Waals surface area contributed by atoms with Crippen LogP contribution in [0.15, 0.2) is 18.2 Å². The maximum absolute atomic E-state index is 12.4. The van der Waals surface area contributed by atoms with Gasteiger partial charge < -0.3 is 15.0 Å². The molecule has 4 nitrogen and oxygen atoms in total. The van der Waals surface area contributed by atoms with Gasteiger partial charge in [-0.05, 0) is 69.3 Å². The fourth-order valence-electron chi connectivity index (χ4n) is 3.47. The van der Waals surface area contributed by atoms with Crippen molar-refractivity contribution < 1.29 is 9.53 Å². The van der Waals surface area contributed by atoms with E-state index in [4.69, 9.17) is 4.74 Å².